The Hall–Kier alpha value is -3.07. The third-order valence-corrected chi connectivity index (χ3v) is 4.05. The summed E-state index contributed by atoms with van der Waals surface area (Å²) in [6.45, 7) is 6.36. The highest BCUT2D eigenvalue weighted by molar-refractivity contribution is 5.84. The summed E-state index contributed by atoms with van der Waals surface area (Å²) in [5.41, 5.74) is 1.90. The molecule has 144 valence electrons. The fourth-order valence-electron chi connectivity index (χ4n) is 2.62. The molecule has 0 aliphatic rings. The second-order valence-corrected chi connectivity index (χ2v) is 6.71. The quantitative estimate of drug-likeness (QED) is 0.427. The highest BCUT2D eigenvalue weighted by Crippen LogP contribution is 2.26. The molecule has 1 aromatic carbocycles. The molecular formula is C18H24N6O3. The number of rotatable bonds is 7. The van der Waals surface area contributed by atoms with Crippen LogP contribution in [0.25, 0.3) is 11.2 Å². The Labute approximate surface area is 156 Å². The lowest BCUT2D eigenvalue weighted by atomic mass is 10.2. The van der Waals surface area contributed by atoms with Gasteiger partial charge in [0.2, 0.25) is 5.95 Å². The first kappa shape index (κ1) is 18.7. The molecule has 0 unspecified atom stereocenters. The van der Waals surface area contributed by atoms with Crippen molar-refractivity contribution in [2.24, 2.45) is 0 Å². The molecule has 0 fully saturated rings. The summed E-state index contributed by atoms with van der Waals surface area (Å²) in [7, 11) is 0. The first-order chi connectivity index (χ1) is 12.8. The average molecular weight is 372 g/mol. The lowest BCUT2D eigenvalue weighted by Crippen LogP contribution is -2.17. The highest BCUT2D eigenvalue weighted by atomic mass is 16.3. The lowest BCUT2D eigenvalue weighted by Gasteiger charge is -2.13. The maximum Gasteiger partial charge on any atom is 0.226 e. The van der Waals surface area contributed by atoms with Gasteiger partial charge in [-0.3, -0.25) is 0 Å². The number of hydrogen-bond acceptors (Lipinski definition) is 8. The van der Waals surface area contributed by atoms with Gasteiger partial charge in [0, 0.05) is 30.8 Å². The van der Waals surface area contributed by atoms with E-state index in [1.54, 1.807) is 19.3 Å². The highest BCUT2D eigenvalue weighted by Gasteiger charge is 2.15. The van der Waals surface area contributed by atoms with Gasteiger partial charge in [0.1, 0.15) is 11.5 Å². The van der Waals surface area contributed by atoms with Crippen LogP contribution in [0.2, 0.25) is 0 Å². The molecule has 0 aliphatic carbocycles. The van der Waals surface area contributed by atoms with Crippen molar-refractivity contribution in [1.29, 1.82) is 0 Å². The van der Waals surface area contributed by atoms with E-state index in [2.05, 4.69) is 25.6 Å². The largest absolute Gasteiger partial charge is 0.508 e. The van der Waals surface area contributed by atoms with Crippen LogP contribution in [-0.2, 0) is 6.54 Å². The van der Waals surface area contributed by atoms with Crippen molar-refractivity contribution in [1.82, 2.24) is 19.5 Å². The molecule has 0 radical (unpaired) electrons. The molecule has 0 amide bonds. The van der Waals surface area contributed by atoms with E-state index in [9.17, 15) is 15.3 Å². The number of phenolic OH excluding ortho intramolecular Hbond substituents is 2. The van der Waals surface area contributed by atoms with Crippen LogP contribution in [0, 0.1) is 0 Å². The number of phenols is 2. The van der Waals surface area contributed by atoms with Crippen LogP contribution in [0.1, 0.15) is 32.4 Å². The molecule has 0 bridgehead atoms. The van der Waals surface area contributed by atoms with Gasteiger partial charge < -0.3 is 30.5 Å². The van der Waals surface area contributed by atoms with Crippen molar-refractivity contribution in [3.8, 4) is 11.5 Å². The fourth-order valence-corrected chi connectivity index (χ4v) is 2.62. The van der Waals surface area contributed by atoms with Crippen molar-refractivity contribution in [2.75, 3.05) is 17.2 Å². The molecule has 3 rings (SSSR count). The smallest absolute Gasteiger partial charge is 0.226 e. The molecule has 0 aliphatic heterocycles. The fraction of sp³-hybridized carbons (Fsp3) is 0.389. The van der Waals surface area contributed by atoms with Gasteiger partial charge >= 0.3 is 0 Å². The number of benzene rings is 1. The van der Waals surface area contributed by atoms with Crippen LogP contribution < -0.4 is 10.6 Å². The number of fused-ring (bicyclic) bond motifs is 1. The average Bonchev–Trinajstić information content (AvgIpc) is 3.03. The minimum Gasteiger partial charge on any atom is -0.508 e. The van der Waals surface area contributed by atoms with E-state index in [-0.39, 0.29) is 17.5 Å². The number of nitrogens with one attached hydrogen (secondary N) is 2. The summed E-state index contributed by atoms with van der Waals surface area (Å²) in [4.78, 5) is 13.4. The Bertz CT molecular complexity index is 938. The Balaban J connectivity index is 1.94. The second-order valence-electron chi connectivity index (χ2n) is 6.71. The topological polar surface area (TPSA) is 128 Å². The zero-order valence-corrected chi connectivity index (χ0v) is 15.5. The zero-order valence-electron chi connectivity index (χ0n) is 15.5. The molecule has 0 spiro atoms. The number of aliphatic hydroxyl groups excluding tert-OH is 1. The molecular weight excluding hydrogens is 348 g/mol. The van der Waals surface area contributed by atoms with E-state index < -0.39 is 6.10 Å². The number of anilines is 2. The molecule has 9 nitrogen and oxygen atoms in total. The third-order valence-electron chi connectivity index (χ3n) is 4.05. The minimum absolute atomic E-state index is 0.000891. The van der Waals surface area contributed by atoms with Crippen molar-refractivity contribution in [3.05, 3.63) is 30.1 Å². The number of imidazole rings is 1. The predicted molar refractivity (Wildman–Crippen MR) is 103 cm³/mol. The van der Waals surface area contributed by atoms with Crippen LogP contribution in [0.3, 0.4) is 0 Å². The van der Waals surface area contributed by atoms with Gasteiger partial charge in [-0.05, 0) is 32.9 Å². The Morgan fingerprint density at radius 3 is 2.56 bits per heavy atom. The van der Waals surface area contributed by atoms with E-state index in [1.807, 2.05) is 18.4 Å². The van der Waals surface area contributed by atoms with E-state index >= 15 is 0 Å². The van der Waals surface area contributed by atoms with Crippen molar-refractivity contribution in [2.45, 2.75) is 39.5 Å². The summed E-state index contributed by atoms with van der Waals surface area (Å²) in [5, 5.41) is 35.1. The molecule has 1 atom stereocenters. The number of aromatic nitrogens is 4. The normalized spacial score (nSPS) is 12.5. The summed E-state index contributed by atoms with van der Waals surface area (Å²) in [5.74, 6) is 0.886. The van der Waals surface area contributed by atoms with E-state index in [1.165, 1.54) is 12.1 Å². The maximum atomic E-state index is 9.97. The minimum atomic E-state index is -0.537. The van der Waals surface area contributed by atoms with Crippen molar-refractivity contribution < 1.29 is 15.3 Å². The van der Waals surface area contributed by atoms with Crippen LogP contribution in [0.5, 0.6) is 11.5 Å². The molecule has 2 heterocycles. The molecule has 5 N–H and O–H groups in total. The molecule has 3 aromatic rings. The second kappa shape index (κ2) is 7.67. The number of aliphatic hydroxyl groups is 1. The van der Waals surface area contributed by atoms with Gasteiger partial charge in [-0.2, -0.15) is 9.97 Å². The monoisotopic (exact) mass is 372 g/mol. The molecule has 0 saturated heterocycles. The van der Waals surface area contributed by atoms with Crippen LogP contribution in [-0.4, -0.2) is 47.5 Å². The summed E-state index contributed by atoms with van der Waals surface area (Å²) in [6, 6.07) is 4.60. The van der Waals surface area contributed by atoms with Crippen LogP contribution in [0.4, 0.5) is 11.8 Å². The zero-order chi connectivity index (χ0) is 19.6. The van der Waals surface area contributed by atoms with Gasteiger partial charge in [0.05, 0.1) is 12.4 Å². The van der Waals surface area contributed by atoms with Crippen LogP contribution in [0.15, 0.2) is 24.5 Å². The van der Waals surface area contributed by atoms with Gasteiger partial charge in [-0.15, -0.1) is 0 Å². The first-order valence-corrected chi connectivity index (χ1v) is 8.76. The Morgan fingerprint density at radius 2 is 1.89 bits per heavy atom. The van der Waals surface area contributed by atoms with Gasteiger partial charge in [-0.25, -0.2) is 4.98 Å². The molecule has 2 aromatic heterocycles. The number of hydrogen-bond donors (Lipinski definition) is 5. The van der Waals surface area contributed by atoms with Gasteiger partial charge in [0.15, 0.2) is 17.0 Å². The van der Waals surface area contributed by atoms with Crippen LogP contribution >= 0.6 is 0 Å². The van der Waals surface area contributed by atoms with Gasteiger partial charge in [0.25, 0.3) is 0 Å². The van der Waals surface area contributed by atoms with E-state index in [0.29, 0.717) is 41.6 Å². The summed E-state index contributed by atoms with van der Waals surface area (Å²) >= 11 is 0. The molecule has 27 heavy (non-hydrogen) atoms. The van der Waals surface area contributed by atoms with E-state index in [0.717, 1.165) is 0 Å². The standard InChI is InChI=1S/C18H24N6O3/c1-10(2)24-9-21-15-16(19-8-12-4-5-13(26)6-14(12)27)22-18(23-17(15)24)20-7-11(3)25/h4-6,9-11,25-27H,7-8H2,1-3H3,(H2,19,20,22,23)/t11-/m1/s1. The number of aromatic hydroxyl groups is 2. The third kappa shape index (κ3) is 4.20. The Kier molecular flexibility index (Phi) is 5.31. The molecule has 0 saturated carbocycles. The lowest BCUT2D eigenvalue weighted by molar-refractivity contribution is 0.208. The van der Waals surface area contributed by atoms with Crippen molar-refractivity contribution >= 4 is 22.9 Å². The number of nitrogens with zero attached hydrogens (tertiary/aromatic N) is 4. The SMILES string of the molecule is CC(C)n1cnc2c(NCc3ccc(O)cc3O)nc(NC[C@@H](C)O)nc21. The molecule has 9 heteroatoms. The van der Waals surface area contributed by atoms with Gasteiger partial charge in [-0.1, -0.05) is 0 Å². The predicted octanol–water partition coefficient (Wildman–Crippen LogP) is 2.22. The summed E-state index contributed by atoms with van der Waals surface area (Å²) < 4.78 is 1.94. The van der Waals surface area contributed by atoms with E-state index in [4.69, 9.17) is 0 Å². The maximum absolute atomic E-state index is 9.97. The Morgan fingerprint density at radius 1 is 1.11 bits per heavy atom. The summed E-state index contributed by atoms with van der Waals surface area (Å²) in [6.07, 6.45) is 1.18. The van der Waals surface area contributed by atoms with Crippen molar-refractivity contribution in [3.63, 3.8) is 0 Å². The first-order valence-electron chi connectivity index (χ1n) is 8.76.